The van der Waals surface area contributed by atoms with Gasteiger partial charge in [0.15, 0.2) is 0 Å². The van der Waals surface area contributed by atoms with E-state index in [1.165, 1.54) is 5.56 Å². The van der Waals surface area contributed by atoms with Crippen LogP contribution in [0.5, 0.6) is 5.75 Å². The highest BCUT2D eigenvalue weighted by Crippen LogP contribution is 2.44. The summed E-state index contributed by atoms with van der Waals surface area (Å²) in [4.78, 5) is 0. The van der Waals surface area contributed by atoms with Crippen molar-refractivity contribution < 1.29 is 4.74 Å². The van der Waals surface area contributed by atoms with Crippen LogP contribution in [-0.2, 0) is 5.54 Å². The monoisotopic (exact) mass is 281 g/mol. The number of methoxy groups -OCH3 is 1. The molecule has 2 aromatic carbocycles. The molecule has 1 aliphatic carbocycles. The van der Waals surface area contributed by atoms with Crippen LogP contribution in [0.15, 0.2) is 54.6 Å². The van der Waals surface area contributed by atoms with Crippen LogP contribution in [0, 0.1) is 0 Å². The minimum atomic E-state index is -0.252. The Kier molecular flexibility index (Phi) is 3.98. The molecule has 0 unspecified atom stereocenters. The van der Waals surface area contributed by atoms with Crippen molar-refractivity contribution in [1.82, 2.24) is 0 Å². The zero-order chi connectivity index (χ0) is 14.7. The summed E-state index contributed by atoms with van der Waals surface area (Å²) in [5, 5.41) is 0. The Morgan fingerprint density at radius 2 is 1.57 bits per heavy atom. The van der Waals surface area contributed by atoms with E-state index in [2.05, 4.69) is 42.5 Å². The van der Waals surface area contributed by atoms with Crippen molar-refractivity contribution in [2.24, 2.45) is 5.73 Å². The number of hydrogen-bond acceptors (Lipinski definition) is 2. The van der Waals surface area contributed by atoms with Crippen LogP contribution >= 0.6 is 0 Å². The molecule has 0 bridgehead atoms. The fourth-order valence-corrected chi connectivity index (χ4v) is 3.52. The Morgan fingerprint density at radius 3 is 2.24 bits per heavy atom. The van der Waals surface area contributed by atoms with Crippen LogP contribution in [0.3, 0.4) is 0 Å². The molecule has 2 N–H and O–H groups in total. The molecule has 2 nitrogen and oxygen atoms in total. The smallest absolute Gasteiger partial charge is 0.123 e. The average molecular weight is 281 g/mol. The van der Waals surface area contributed by atoms with Gasteiger partial charge in [0, 0.05) is 11.1 Å². The van der Waals surface area contributed by atoms with Crippen molar-refractivity contribution in [3.8, 4) is 5.75 Å². The maximum Gasteiger partial charge on any atom is 0.123 e. The number of ether oxygens (including phenoxy) is 1. The van der Waals surface area contributed by atoms with E-state index in [1.807, 2.05) is 12.1 Å². The van der Waals surface area contributed by atoms with Crippen molar-refractivity contribution >= 4 is 0 Å². The van der Waals surface area contributed by atoms with Crippen molar-refractivity contribution in [2.45, 2.75) is 37.1 Å². The normalized spacial score (nSPS) is 25.5. The molecule has 0 atom stereocenters. The fourth-order valence-electron chi connectivity index (χ4n) is 3.52. The van der Waals surface area contributed by atoms with E-state index in [9.17, 15) is 0 Å². The summed E-state index contributed by atoms with van der Waals surface area (Å²) < 4.78 is 5.50. The SMILES string of the molecule is COc1ccccc1C1(N)CCC(c2ccccc2)CC1. The van der Waals surface area contributed by atoms with Gasteiger partial charge in [-0.05, 0) is 43.2 Å². The van der Waals surface area contributed by atoms with Crippen LogP contribution in [0.2, 0.25) is 0 Å². The zero-order valence-electron chi connectivity index (χ0n) is 12.6. The predicted molar refractivity (Wildman–Crippen MR) is 86.5 cm³/mol. The van der Waals surface area contributed by atoms with Crippen molar-refractivity contribution in [1.29, 1.82) is 0 Å². The molecular formula is C19H23NO. The Bertz CT molecular complexity index is 586. The number of hydrogen-bond donors (Lipinski definition) is 1. The second kappa shape index (κ2) is 5.90. The lowest BCUT2D eigenvalue weighted by molar-refractivity contribution is 0.267. The van der Waals surface area contributed by atoms with Gasteiger partial charge in [0.25, 0.3) is 0 Å². The Hall–Kier alpha value is -1.80. The van der Waals surface area contributed by atoms with Crippen LogP contribution < -0.4 is 10.5 Å². The molecule has 0 aromatic heterocycles. The van der Waals surface area contributed by atoms with Crippen LogP contribution in [0.1, 0.15) is 42.7 Å². The minimum Gasteiger partial charge on any atom is -0.496 e. The van der Waals surface area contributed by atoms with Gasteiger partial charge in [0.05, 0.1) is 7.11 Å². The van der Waals surface area contributed by atoms with Crippen LogP contribution in [0.4, 0.5) is 0 Å². The summed E-state index contributed by atoms with van der Waals surface area (Å²) in [5.41, 5.74) is 9.06. The Labute approximate surface area is 126 Å². The van der Waals surface area contributed by atoms with Gasteiger partial charge in [-0.25, -0.2) is 0 Å². The molecular weight excluding hydrogens is 258 g/mol. The van der Waals surface area contributed by atoms with Gasteiger partial charge < -0.3 is 10.5 Å². The average Bonchev–Trinajstić information content (AvgIpc) is 2.56. The zero-order valence-corrected chi connectivity index (χ0v) is 12.6. The van der Waals surface area contributed by atoms with Crippen molar-refractivity contribution in [3.63, 3.8) is 0 Å². The lowest BCUT2D eigenvalue weighted by Gasteiger charge is -2.38. The molecule has 0 spiro atoms. The first-order valence-corrected chi connectivity index (χ1v) is 7.70. The second-order valence-electron chi connectivity index (χ2n) is 6.04. The molecule has 0 aliphatic heterocycles. The van der Waals surface area contributed by atoms with E-state index in [0.29, 0.717) is 5.92 Å². The lowest BCUT2D eigenvalue weighted by Crippen LogP contribution is -2.40. The van der Waals surface area contributed by atoms with Gasteiger partial charge >= 0.3 is 0 Å². The standard InChI is InChI=1S/C19H23NO/c1-21-18-10-6-5-9-17(18)19(20)13-11-16(12-14-19)15-7-3-2-4-8-15/h2-10,16H,11-14,20H2,1H3. The van der Waals surface area contributed by atoms with E-state index in [-0.39, 0.29) is 5.54 Å². The Balaban J connectivity index is 1.78. The predicted octanol–water partition coefficient (Wildman–Crippen LogP) is 4.21. The quantitative estimate of drug-likeness (QED) is 0.914. The maximum absolute atomic E-state index is 6.72. The van der Waals surface area contributed by atoms with Crippen molar-refractivity contribution in [3.05, 3.63) is 65.7 Å². The third-order valence-corrected chi connectivity index (χ3v) is 4.79. The van der Waals surface area contributed by atoms with Gasteiger partial charge in [0.1, 0.15) is 5.75 Å². The van der Waals surface area contributed by atoms with Gasteiger partial charge in [-0.3, -0.25) is 0 Å². The molecule has 0 radical (unpaired) electrons. The molecule has 3 rings (SSSR count). The fraction of sp³-hybridized carbons (Fsp3) is 0.368. The van der Waals surface area contributed by atoms with Gasteiger partial charge in [-0.2, -0.15) is 0 Å². The summed E-state index contributed by atoms with van der Waals surface area (Å²) in [6.07, 6.45) is 4.29. The third-order valence-electron chi connectivity index (χ3n) is 4.79. The Morgan fingerprint density at radius 1 is 0.952 bits per heavy atom. The first-order chi connectivity index (χ1) is 10.2. The van der Waals surface area contributed by atoms with Crippen LogP contribution in [0.25, 0.3) is 0 Å². The van der Waals surface area contributed by atoms with E-state index >= 15 is 0 Å². The summed E-state index contributed by atoms with van der Waals surface area (Å²) >= 11 is 0. The molecule has 2 heteroatoms. The largest absolute Gasteiger partial charge is 0.496 e. The van der Waals surface area contributed by atoms with Crippen molar-refractivity contribution in [2.75, 3.05) is 7.11 Å². The van der Waals surface area contributed by atoms with E-state index in [1.54, 1.807) is 7.11 Å². The molecule has 2 aromatic rings. The summed E-state index contributed by atoms with van der Waals surface area (Å²) in [6.45, 7) is 0. The molecule has 0 amide bonds. The second-order valence-corrected chi connectivity index (χ2v) is 6.04. The molecule has 1 fully saturated rings. The first-order valence-electron chi connectivity index (χ1n) is 7.70. The van der Waals surface area contributed by atoms with E-state index in [4.69, 9.17) is 10.5 Å². The maximum atomic E-state index is 6.72. The first kappa shape index (κ1) is 14.2. The van der Waals surface area contributed by atoms with E-state index < -0.39 is 0 Å². The number of rotatable bonds is 3. The number of benzene rings is 2. The van der Waals surface area contributed by atoms with Gasteiger partial charge in [-0.15, -0.1) is 0 Å². The highest BCUT2D eigenvalue weighted by molar-refractivity contribution is 5.39. The highest BCUT2D eigenvalue weighted by Gasteiger charge is 2.35. The molecule has 1 saturated carbocycles. The minimum absolute atomic E-state index is 0.252. The molecule has 110 valence electrons. The van der Waals surface area contributed by atoms with Crippen LogP contribution in [-0.4, -0.2) is 7.11 Å². The molecule has 21 heavy (non-hydrogen) atoms. The molecule has 0 saturated heterocycles. The third kappa shape index (κ3) is 2.81. The highest BCUT2D eigenvalue weighted by atomic mass is 16.5. The topological polar surface area (TPSA) is 35.2 Å². The summed E-state index contributed by atoms with van der Waals surface area (Å²) in [7, 11) is 1.72. The summed E-state index contributed by atoms with van der Waals surface area (Å²) in [5.74, 6) is 1.55. The number of para-hydroxylation sites is 1. The molecule has 1 aliphatic rings. The summed E-state index contributed by atoms with van der Waals surface area (Å²) in [6, 6.07) is 19.0. The number of nitrogens with two attached hydrogens (primary N) is 1. The lowest BCUT2D eigenvalue weighted by atomic mass is 9.71. The van der Waals surface area contributed by atoms with Gasteiger partial charge in [0.2, 0.25) is 0 Å². The van der Waals surface area contributed by atoms with E-state index in [0.717, 1.165) is 37.0 Å². The molecule has 0 heterocycles. The van der Waals surface area contributed by atoms with Gasteiger partial charge in [-0.1, -0.05) is 48.5 Å².